The van der Waals surface area contributed by atoms with Gasteiger partial charge in [-0.05, 0) is 92.8 Å². The van der Waals surface area contributed by atoms with Crippen molar-refractivity contribution in [1.29, 1.82) is 0 Å². The second-order valence-corrected chi connectivity index (χ2v) is 9.68. The van der Waals surface area contributed by atoms with E-state index in [0.29, 0.717) is 11.8 Å². The van der Waals surface area contributed by atoms with E-state index in [0.717, 1.165) is 6.42 Å². The van der Waals surface area contributed by atoms with Crippen molar-refractivity contribution >= 4 is 0 Å². The van der Waals surface area contributed by atoms with Gasteiger partial charge in [-0.25, -0.2) is 0 Å². The van der Waals surface area contributed by atoms with Gasteiger partial charge in [0.25, 0.3) is 0 Å². The maximum Gasteiger partial charge on any atom is -0.000684 e. The van der Waals surface area contributed by atoms with Crippen molar-refractivity contribution in [2.24, 2.45) is 0 Å². The van der Waals surface area contributed by atoms with Crippen molar-refractivity contribution in [3.8, 4) is 33.4 Å². The predicted octanol–water partition coefficient (Wildman–Crippen LogP) is 9.42. The highest BCUT2D eigenvalue weighted by Gasteiger charge is 2.20. The van der Waals surface area contributed by atoms with Crippen LogP contribution in [0.2, 0.25) is 0 Å². The predicted molar refractivity (Wildman–Crippen MR) is 142 cm³/mol. The first kappa shape index (κ1) is 21.7. The van der Waals surface area contributed by atoms with Crippen molar-refractivity contribution in [1.82, 2.24) is 0 Å². The summed E-state index contributed by atoms with van der Waals surface area (Å²) in [6.45, 7) is 9.09. The minimum Gasteiger partial charge on any atom is -0.0648 e. The second kappa shape index (κ2) is 9.02. The molecule has 4 aromatic rings. The largest absolute Gasteiger partial charge is 0.0648 e. The van der Waals surface area contributed by atoms with E-state index in [9.17, 15) is 0 Å². The fourth-order valence-corrected chi connectivity index (χ4v) is 4.94. The summed E-state index contributed by atoms with van der Waals surface area (Å²) >= 11 is 0. The van der Waals surface area contributed by atoms with E-state index >= 15 is 0 Å². The Hall–Kier alpha value is -3.12. The smallest absolute Gasteiger partial charge is 0.000684 e. The molecule has 0 N–H and O–H groups in total. The van der Waals surface area contributed by atoms with E-state index in [1.54, 1.807) is 0 Å². The lowest BCUT2D eigenvalue weighted by atomic mass is 9.94. The number of fused-ring (bicyclic) bond motifs is 3. The molecule has 1 aliphatic rings. The molecule has 0 nitrogen and oxygen atoms in total. The van der Waals surface area contributed by atoms with Crippen LogP contribution in [0.4, 0.5) is 0 Å². The van der Waals surface area contributed by atoms with Crippen LogP contribution in [-0.4, -0.2) is 0 Å². The highest BCUT2D eigenvalue weighted by Crippen LogP contribution is 2.40. The minimum absolute atomic E-state index is 0.609. The van der Waals surface area contributed by atoms with E-state index in [1.165, 1.54) is 68.5 Å². The third-order valence-electron chi connectivity index (χ3n) is 7.62. The molecule has 2 unspecified atom stereocenters. The molecule has 5 rings (SSSR count). The Morgan fingerprint density at radius 3 is 1.79 bits per heavy atom. The molecule has 1 radical (unpaired) electrons. The quantitative estimate of drug-likeness (QED) is 0.252. The first-order chi connectivity index (χ1) is 16.1. The average Bonchev–Trinajstić information content (AvgIpc) is 3.25. The summed E-state index contributed by atoms with van der Waals surface area (Å²) in [6, 6.07) is 33.4. The molecule has 1 aliphatic carbocycles. The molecule has 0 spiro atoms. The zero-order chi connectivity index (χ0) is 22.9. The van der Waals surface area contributed by atoms with Gasteiger partial charge >= 0.3 is 0 Å². The zero-order valence-electron chi connectivity index (χ0n) is 20.3. The molecule has 0 aromatic heterocycles. The lowest BCUT2D eigenvalue weighted by Gasteiger charge is -2.11. The molecule has 0 heterocycles. The van der Waals surface area contributed by atoms with Gasteiger partial charge in [0.2, 0.25) is 0 Å². The van der Waals surface area contributed by atoms with Crippen molar-refractivity contribution in [2.75, 3.05) is 0 Å². The van der Waals surface area contributed by atoms with Gasteiger partial charge in [0, 0.05) is 0 Å². The fraction of sp³-hybridized carbons (Fsp3) is 0.273. The molecule has 0 heteroatoms. The SMILES string of the molecule is CCC(C)c1ccc(-c2[c]c3c(cc2)-c2ccc(-c4ccc(C(C)CC)cc4)cc2C3)cc1. The Labute approximate surface area is 199 Å². The lowest BCUT2D eigenvalue weighted by Crippen LogP contribution is -1.91. The lowest BCUT2D eigenvalue weighted by molar-refractivity contribution is 0.734. The molecular weight excluding hydrogens is 396 g/mol. The van der Waals surface area contributed by atoms with Crippen LogP contribution in [-0.2, 0) is 6.42 Å². The van der Waals surface area contributed by atoms with Gasteiger partial charge in [-0.1, -0.05) is 107 Å². The van der Waals surface area contributed by atoms with Crippen LogP contribution in [0.3, 0.4) is 0 Å². The monoisotopic (exact) mass is 429 g/mol. The second-order valence-electron chi connectivity index (χ2n) is 9.68. The normalized spacial score (nSPS) is 13.9. The summed E-state index contributed by atoms with van der Waals surface area (Å²) in [6.07, 6.45) is 3.31. The van der Waals surface area contributed by atoms with E-state index in [-0.39, 0.29) is 0 Å². The Balaban J connectivity index is 1.40. The summed E-state index contributed by atoms with van der Waals surface area (Å²) in [5.74, 6) is 1.22. The molecule has 33 heavy (non-hydrogen) atoms. The van der Waals surface area contributed by atoms with E-state index in [4.69, 9.17) is 0 Å². The molecule has 2 atom stereocenters. The molecule has 0 fully saturated rings. The summed E-state index contributed by atoms with van der Waals surface area (Å²) < 4.78 is 0. The molecule has 0 amide bonds. The summed E-state index contributed by atoms with van der Waals surface area (Å²) in [5.41, 5.74) is 13.3. The average molecular weight is 430 g/mol. The Morgan fingerprint density at radius 2 is 1.18 bits per heavy atom. The third-order valence-corrected chi connectivity index (χ3v) is 7.62. The van der Waals surface area contributed by atoms with Gasteiger partial charge in [0.15, 0.2) is 0 Å². The summed E-state index contributed by atoms with van der Waals surface area (Å²) in [5, 5.41) is 0. The maximum atomic E-state index is 3.74. The standard InChI is InChI=1S/C33H33/c1-5-22(3)24-7-11-26(12-8-24)28-15-17-32-30(19-28)21-31-20-29(16-18-33(31)32)27-13-9-25(10-14-27)23(4)6-2/h7-19,22-23H,5-6,21H2,1-4H3. The third kappa shape index (κ3) is 4.15. The Kier molecular flexibility index (Phi) is 5.94. The first-order valence-electron chi connectivity index (χ1n) is 12.5. The van der Waals surface area contributed by atoms with Crippen molar-refractivity contribution in [3.63, 3.8) is 0 Å². The van der Waals surface area contributed by atoms with Crippen molar-refractivity contribution in [3.05, 3.63) is 107 Å². The molecular formula is C33H33. The summed E-state index contributed by atoms with van der Waals surface area (Å²) in [7, 11) is 0. The van der Waals surface area contributed by atoms with Gasteiger partial charge in [-0.15, -0.1) is 0 Å². The van der Waals surface area contributed by atoms with Gasteiger partial charge in [-0.3, -0.25) is 0 Å². The van der Waals surface area contributed by atoms with E-state index < -0.39 is 0 Å². The highest BCUT2D eigenvalue weighted by atomic mass is 14.2. The van der Waals surface area contributed by atoms with Crippen LogP contribution in [0.5, 0.6) is 0 Å². The summed E-state index contributed by atoms with van der Waals surface area (Å²) in [4.78, 5) is 0. The van der Waals surface area contributed by atoms with Gasteiger partial charge < -0.3 is 0 Å². The first-order valence-corrected chi connectivity index (χ1v) is 12.5. The minimum atomic E-state index is 0.609. The number of rotatable bonds is 6. The fourth-order valence-electron chi connectivity index (χ4n) is 4.94. The van der Waals surface area contributed by atoms with Crippen LogP contribution >= 0.6 is 0 Å². The van der Waals surface area contributed by atoms with Crippen molar-refractivity contribution < 1.29 is 0 Å². The molecule has 0 aliphatic heterocycles. The number of hydrogen-bond donors (Lipinski definition) is 0. The maximum absolute atomic E-state index is 3.74. The number of benzene rings is 4. The Morgan fingerprint density at radius 1 is 0.636 bits per heavy atom. The van der Waals surface area contributed by atoms with Crippen LogP contribution in [0.1, 0.15) is 74.6 Å². The topological polar surface area (TPSA) is 0 Å². The van der Waals surface area contributed by atoms with Crippen LogP contribution in [0, 0.1) is 6.07 Å². The molecule has 4 aromatic carbocycles. The van der Waals surface area contributed by atoms with Crippen LogP contribution in [0.15, 0.2) is 78.9 Å². The van der Waals surface area contributed by atoms with Gasteiger partial charge in [-0.2, -0.15) is 0 Å². The molecule has 0 saturated heterocycles. The van der Waals surface area contributed by atoms with Crippen LogP contribution < -0.4 is 0 Å². The van der Waals surface area contributed by atoms with E-state index in [1.807, 2.05) is 0 Å². The van der Waals surface area contributed by atoms with Gasteiger partial charge in [0.1, 0.15) is 0 Å². The molecule has 165 valence electrons. The molecule has 0 saturated carbocycles. The van der Waals surface area contributed by atoms with Gasteiger partial charge in [0.05, 0.1) is 0 Å². The highest BCUT2D eigenvalue weighted by molar-refractivity contribution is 5.82. The van der Waals surface area contributed by atoms with Crippen molar-refractivity contribution in [2.45, 2.75) is 58.8 Å². The number of hydrogen-bond acceptors (Lipinski definition) is 0. The van der Waals surface area contributed by atoms with Crippen LogP contribution in [0.25, 0.3) is 33.4 Å². The molecule has 0 bridgehead atoms. The van der Waals surface area contributed by atoms with E-state index in [2.05, 4.69) is 113 Å². The Bertz CT molecular complexity index is 1160. The zero-order valence-corrected chi connectivity index (χ0v) is 20.3.